The van der Waals surface area contributed by atoms with E-state index in [-0.39, 0.29) is 5.75 Å². The van der Waals surface area contributed by atoms with E-state index in [1.54, 1.807) is 12.1 Å². The zero-order valence-corrected chi connectivity index (χ0v) is 14.4. The van der Waals surface area contributed by atoms with E-state index in [4.69, 9.17) is 11.6 Å². The van der Waals surface area contributed by atoms with E-state index in [1.807, 2.05) is 29.7 Å². The average molecular weight is 402 g/mol. The van der Waals surface area contributed by atoms with Crippen LogP contribution in [0.2, 0.25) is 5.02 Å². The summed E-state index contributed by atoms with van der Waals surface area (Å²) in [6.07, 6.45) is 0. The van der Waals surface area contributed by atoms with Gasteiger partial charge in [-0.05, 0) is 37.3 Å². The van der Waals surface area contributed by atoms with Crippen molar-refractivity contribution >= 4 is 38.6 Å². The fourth-order valence-corrected chi connectivity index (χ4v) is 3.05. The summed E-state index contributed by atoms with van der Waals surface area (Å²) in [7, 11) is 0. The van der Waals surface area contributed by atoms with Crippen molar-refractivity contribution < 1.29 is 13.5 Å². The van der Waals surface area contributed by atoms with Crippen molar-refractivity contribution in [1.82, 2.24) is 9.55 Å². The van der Waals surface area contributed by atoms with E-state index in [0.717, 1.165) is 21.3 Å². The van der Waals surface area contributed by atoms with Crippen molar-refractivity contribution in [3.05, 3.63) is 57.3 Å². The molecule has 3 nitrogen and oxygen atoms in total. The summed E-state index contributed by atoms with van der Waals surface area (Å²) in [6, 6.07) is 10.4. The first kappa shape index (κ1) is 16.2. The molecule has 3 rings (SSSR count). The number of hydrogen-bond donors (Lipinski definition) is 0. The summed E-state index contributed by atoms with van der Waals surface area (Å²) in [5.74, 6) is 0.838. The normalized spacial score (nSPS) is 11.4. The highest BCUT2D eigenvalue weighted by Gasteiger charge is 2.16. The molecular weight excluding hydrogens is 390 g/mol. The van der Waals surface area contributed by atoms with Gasteiger partial charge in [-0.2, -0.15) is 8.78 Å². The molecule has 0 saturated heterocycles. The fourth-order valence-electron chi connectivity index (χ4n) is 2.47. The van der Waals surface area contributed by atoms with Crippen LogP contribution in [0.25, 0.3) is 11.0 Å². The lowest BCUT2D eigenvalue weighted by Gasteiger charge is -2.14. The topological polar surface area (TPSA) is 27.1 Å². The summed E-state index contributed by atoms with van der Waals surface area (Å²) < 4.78 is 32.6. The molecule has 0 atom stereocenters. The summed E-state index contributed by atoms with van der Waals surface area (Å²) in [5, 5.41) is 0.374. The smallest absolute Gasteiger partial charge is 0.387 e. The van der Waals surface area contributed by atoms with Crippen LogP contribution in [0.1, 0.15) is 11.4 Å². The lowest BCUT2D eigenvalue weighted by atomic mass is 10.2. The van der Waals surface area contributed by atoms with Crippen LogP contribution in [-0.2, 0) is 6.54 Å². The van der Waals surface area contributed by atoms with Crippen LogP contribution >= 0.6 is 27.5 Å². The van der Waals surface area contributed by atoms with Crippen LogP contribution in [-0.4, -0.2) is 16.2 Å². The van der Waals surface area contributed by atoms with Crippen molar-refractivity contribution in [1.29, 1.82) is 0 Å². The Hall–Kier alpha value is -1.66. The number of benzene rings is 2. The molecule has 0 unspecified atom stereocenters. The van der Waals surface area contributed by atoms with Gasteiger partial charge in [-0.3, -0.25) is 0 Å². The van der Waals surface area contributed by atoms with Crippen LogP contribution < -0.4 is 4.74 Å². The molecular formula is C16H12BrClF2N2O. The molecule has 0 N–H and O–H groups in total. The van der Waals surface area contributed by atoms with E-state index in [0.29, 0.717) is 17.1 Å². The molecule has 7 heteroatoms. The lowest BCUT2D eigenvalue weighted by molar-refractivity contribution is -0.0504. The van der Waals surface area contributed by atoms with Gasteiger partial charge in [0.2, 0.25) is 0 Å². The molecule has 0 fully saturated rings. The highest BCUT2D eigenvalue weighted by molar-refractivity contribution is 9.10. The number of rotatable bonds is 4. The molecule has 0 aliphatic carbocycles. The first-order valence-electron chi connectivity index (χ1n) is 6.80. The third-order valence-electron chi connectivity index (χ3n) is 3.51. The van der Waals surface area contributed by atoms with E-state index >= 15 is 0 Å². The maximum absolute atomic E-state index is 12.6. The van der Waals surface area contributed by atoms with Gasteiger partial charge in [0.25, 0.3) is 0 Å². The fraction of sp³-hybridized carbons (Fsp3) is 0.188. The number of hydrogen-bond acceptors (Lipinski definition) is 2. The monoisotopic (exact) mass is 400 g/mol. The molecule has 1 heterocycles. The molecule has 0 aliphatic heterocycles. The number of fused-ring (bicyclic) bond motifs is 1. The number of aromatic nitrogens is 2. The van der Waals surface area contributed by atoms with Gasteiger partial charge in [-0.15, -0.1) is 0 Å². The summed E-state index contributed by atoms with van der Waals surface area (Å²) in [4.78, 5) is 4.48. The molecule has 0 spiro atoms. The molecule has 0 amide bonds. The summed E-state index contributed by atoms with van der Waals surface area (Å²) in [6.45, 7) is -0.749. The Morgan fingerprint density at radius 2 is 2.09 bits per heavy atom. The minimum absolute atomic E-state index is 0.0729. The summed E-state index contributed by atoms with van der Waals surface area (Å²) in [5.41, 5.74) is 2.21. The van der Waals surface area contributed by atoms with Crippen LogP contribution in [0.15, 0.2) is 40.9 Å². The summed E-state index contributed by atoms with van der Waals surface area (Å²) >= 11 is 9.63. The highest BCUT2D eigenvalue weighted by atomic mass is 79.9. The number of nitrogens with zero attached hydrogens (tertiary/aromatic N) is 2. The van der Waals surface area contributed by atoms with Crippen molar-refractivity contribution in [2.45, 2.75) is 20.1 Å². The van der Waals surface area contributed by atoms with Gasteiger partial charge < -0.3 is 9.30 Å². The Morgan fingerprint density at radius 3 is 2.83 bits per heavy atom. The molecule has 120 valence electrons. The second-order valence-corrected chi connectivity index (χ2v) is 6.30. The third kappa shape index (κ3) is 3.33. The average Bonchev–Trinajstić information content (AvgIpc) is 2.77. The van der Waals surface area contributed by atoms with E-state index in [1.165, 1.54) is 6.07 Å². The van der Waals surface area contributed by atoms with E-state index in [2.05, 4.69) is 25.7 Å². The van der Waals surface area contributed by atoms with Gasteiger partial charge in [0, 0.05) is 15.1 Å². The Balaban J connectivity index is 2.09. The molecule has 23 heavy (non-hydrogen) atoms. The Bertz CT molecular complexity index is 867. The second kappa shape index (κ2) is 6.45. The van der Waals surface area contributed by atoms with Crippen molar-refractivity contribution in [3.63, 3.8) is 0 Å². The van der Waals surface area contributed by atoms with Crippen LogP contribution in [0, 0.1) is 6.92 Å². The zero-order valence-electron chi connectivity index (χ0n) is 12.1. The van der Waals surface area contributed by atoms with E-state index in [9.17, 15) is 8.78 Å². The quantitative estimate of drug-likeness (QED) is 0.584. The minimum Gasteiger partial charge on any atom is -0.434 e. The maximum Gasteiger partial charge on any atom is 0.387 e. The number of imidazole rings is 1. The largest absolute Gasteiger partial charge is 0.434 e. The van der Waals surface area contributed by atoms with Crippen LogP contribution in [0.5, 0.6) is 5.75 Å². The minimum atomic E-state index is -2.90. The van der Waals surface area contributed by atoms with Gasteiger partial charge in [0.1, 0.15) is 11.6 Å². The first-order valence-corrected chi connectivity index (χ1v) is 7.97. The van der Waals surface area contributed by atoms with Crippen LogP contribution in [0.4, 0.5) is 8.78 Å². The number of alkyl halides is 2. The van der Waals surface area contributed by atoms with Gasteiger partial charge in [-0.25, -0.2) is 4.98 Å². The molecule has 0 saturated carbocycles. The number of ether oxygens (including phenoxy) is 1. The van der Waals surface area contributed by atoms with Crippen molar-refractivity contribution in [2.24, 2.45) is 0 Å². The van der Waals surface area contributed by atoms with Gasteiger partial charge in [0.05, 0.1) is 17.6 Å². The molecule has 1 aromatic heterocycles. The Kier molecular flexibility index (Phi) is 4.55. The van der Waals surface area contributed by atoms with Gasteiger partial charge >= 0.3 is 6.61 Å². The predicted molar refractivity (Wildman–Crippen MR) is 89.4 cm³/mol. The highest BCUT2D eigenvalue weighted by Crippen LogP contribution is 2.30. The van der Waals surface area contributed by atoms with Gasteiger partial charge in [-0.1, -0.05) is 33.6 Å². The molecule has 3 aromatic rings. The number of halogens is 4. The van der Waals surface area contributed by atoms with Gasteiger partial charge in [0.15, 0.2) is 0 Å². The van der Waals surface area contributed by atoms with Crippen molar-refractivity contribution in [2.75, 3.05) is 0 Å². The SMILES string of the molecule is Cc1nc2ccc(Br)cc2n1Cc1c(Cl)cccc1OC(F)F. The molecule has 2 aromatic carbocycles. The van der Waals surface area contributed by atoms with Crippen molar-refractivity contribution in [3.8, 4) is 5.75 Å². The second-order valence-electron chi connectivity index (χ2n) is 4.97. The first-order chi connectivity index (χ1) is 11.0. The Labute approximate surface area is 145 Å². The maximum atomic E-state index is 12.6. The third-order valence-corrected chi connectivity index (χ3v) is 4.36. The molecule has 0 bridgehead atoms. The lowest BCUT2D eigenvalue weighted by Crippen LogP contribution is -2.08. The molecule has 0 aliphatic rings. The number of aryl methyl sites for hydroxylation is 1. The molecule has 0 radical (unpaired) electrons. The standard InChI is InChI=1S/C16H12BrClF2N2O/c1-9-21-13-6-5-10(17)7-14(13)22(9)8-11-12(18)3-2-4-15(11)23-16(19)20/h2-7,16H,8H2,1H3. The Morgan fingerprint density at radius 1 is 1.30 bits per heavy atom. The van der Waals surface area contributed by atoms with Crippen LogP contribution in [0.3, 0.4) is 0 Å². The zero-order chi connectivity index (χ0) is 16.6. The van der Waals surface area contributed by atoms with E-state index < -0.39 is 6.61 Å². The predicted octanol–water partition coefficient (Wildman–Crippen LogP) is 5.41.